The molecule has 2 aliphatic rings. The van der Waals surface area contributed by atoms with E-state index in [-0.39, 0.29) is 17.0 Å². The van der Waals surface area contributed by atoms with Gasteiger partial charge in [-0.05, 0) is 47.5 Å². The summed E-state index contributed by atoms with van der Waals surface area (Å²) < 4.78 is 6.40. The van der Waals surface area contributed by atoms with Crippen molar-refractivity contribution < 1.29 is 4.42 Å². The van der Waals surface area contributed by atoms with Gasteiger partial charge in [0.1, 0.15) is 17.3 Å². The van der Waals surface area contributed by atoms with Crippen LogP contribution in [0.3, 0.4) is 0 Å². The second-order valence-corrected chi connectivity index (χ2v) is 12.0. The van der Waals surface area contributed by atoms with E-state index in [2.05, 4.69) is 152 Å². The molecule has 0 fully saturated rings. The Balaban J connectivity index is 1.50. The van der Waals surface area contributed by atoms with Gasteiger partial charge in [0.25, 0.3) is 0 Å². The van der Waals surface area contributed by atoms with Crippen LogP contribution >= 0.6 is 0 Å². The van der Waals surface area contributed by atoms with Crippen LogP contribution in [0.4, 0.5) is 22.7 Å². The summed E-state index contributed by atoms with van der Waals surface area (Å²) in [5.41, 5.74) is 9.86. The maximum absolute atomic E-state index is 6.40. The molecule has 0 radical (unpaired) electrons. The number of allylic oxidation sites excluding steroid dienone is 1. The first-order chi connectivity index (χ1) is 20.0. The standard InChI is InChI=1S/C38H32N2O/c1-5-38(4)27-18-10-11-19-28(27)39-29-20-12-13-21-30(29)40(36(39)37(38,2)3)31-23-24-33-35(26-17-9-14-22-32(26)41-33)34(31)25-15-7-6-8-16-25/h5-24,36H,1H2,2-4H3. The number of anilines is 4. The Bertz CT molecular complexity index is 1980. The van der Waals surface area contributed by atoms with Gasteiger partial charge < -0.3 is 14.2 Å². The first kappa shape index (κ1) is 24.1. The third kappa shape index (κ3) is 3.04. The number of fused-ring (bicyclic) bond motifs is 8. The van der Waals surface area contributed by atoms with Crippen molar-refractivity contribution in [2.24, 2.45) is 5.41 Å². The van der Waals surface area contributed by atoms with E-state index in [0.717, 1.165) is 21.9 Å². The van der Waals surface area contributed by atoms with E-state index >= 15 is 0 Å². The highest BCUT2D eigenvalue weighted by molar-refractivity contribution is 6.16. The van der Waals surface area contributed by atoms with E-state index in [1.165, 1.54) is 39.4 Å². The summed E-state index contributed by atoms with van der Waals surface area (Å²) >= 11 is 0. The highest BCUT2D eigenvalue weighted by Crippen LogP contribution is 2.63. The van der Waals surface area contributed by atoms with Gasteiger partial charge in [-0.1, -0.05) is 106 Å². The van der Waals surface area contributed by atoms with Crippen molar-refractivity contribution in [2.75, 3.05) is 9.80 Å². The molecule has 0 N–H and O–H groups in total. The van der Waals surface area contributed by atoms with E-state index < -0.39 is 0 Å². The third-order valence-corrected chi connectivity index (χ3v) is 9.85. The zero-order chi connectivity index (χ0) is 27.9. The van der Waals surface area contributed by atoms with Gasteiger partial charge >= 0.3 is 0 Å². The maximum Gasteiger partial charge on any atom is 0.136 e. The summed E-state index contributed by atoms with van der Waals surface area (Å²) in [7, 11) is 0. The normalized spacial score (nSPS) is 20.6. The van der Waals surface area contributed by atoms with Crippen LogP contribution in [0.5, 0.6) is 0 Å². The smallest absolute Gasteiger partial charge is 0.136 e. The first-order valence-electron chi connectivity index (χ1n) is 14.4. The van der Waals surface area contributed by atoms with Crippen molar-refractivity contribution in [1.29, 1.82) is 0 Å². The van der Waals surface area contributed by atoms with Crippen molar-refractivity contribution in [1.82, 2.24) is 0 Å². The Hall–Kier alpha value is -4.76. The molecule has 0 saturated carbocycles. The fraction of sp³-hybridized carbons (Fsp3) is 0.158. The fourth-order valence-electron chi connectivity index (χ4n) is 7.43. The van der Waals surface area contributed by atoms with Crippen LogP contribution in [0.15, 0.2) is 132 Å². The van der Waals surface area contributed by atoms with Crippen molar-refractivity contribution >= 4 is 44.7 Å². The minimum absolute atomic E-state index is 0.0101. The highest BCUT2D eigenvalue weighted by Gasteiger charge is 2.58. The SMILES string of the molecule is C=CC1(C)c2ccccc2N2c3ccccc3N(c3ccc4oc5ccccc5c4c3-c3ccccc3)C2C1(C)C. The second kappa shape index (κ2) is 8.37. The molecule has 3 heterocycles. The Morgan fingerprint density at radius 1 is 0.634 bits per heavy atom. The molecule has 1 aromatic heterocycles. The lowest BCUT2D eigenvalue weighted by atomic mass is 9.58. The van der Waals surface area contributed by atoms with Crippen LogP contribution in [0.2, 0.25) is 0 Å². The number of hydrogen-bond acceptors (Lipinski definition) is 3. The van der Waals surface area contributed by atoms with Gasteiger partial charge in [-0.25, -0.2) is 0 Å². The number of rotatable bonds is 3. The molecule has 0 spiro atoms. The highest BCUT2D eigenvalue weighted by atomic mass is 16.3. The van der Waals surface area contributed by atoms with Crippen molar-refractivity contribution in [3.63, 3.8) is 0 Å². The molecule has 8 rings (SSSR count). The molecule has 2 aliphatic heterocycles. The monoisotopic (exact) mass is 532 g/mol. The maximum atomic E-state index is 6.40. The van der Waals surface area contributed by atoms with Crippen molar-refractivity contribution in [2.45, 2.75) is 32.4 Å². The number of furan rings is 1. The summed E-state index contributed by atoms with van der Waals surface area (Å²) in [6, 6.07) is 41.3. The third-order valence-electron chi connectivity index (χ3n) is 9.85. The Labute approximate surface area is 240 Å². The van der Waals surface area contributed by atoms with Crippen molar-refractivity contribution in [3.05, 3.63) is 133 Å². The molecule has 6 aromatic rings. The van der Waals surface area contributed by atoms with Gasteiger partial charge in [0.15, 0.2) is 0 Å². The predicted molar refractivity (Wildman–Crippen MR) is 171 cm³/mol. The zero-order valence-electron chi connectivity index (χ0n) is 23.6. The average Bonchev–Trinajstić information content (AvgIpc) is 3.57. The topological polar surface area (TPSA) is 19.6 Å². The van der Waals surface area contributed by atoms with Crippen LogP contribution in [0, 0.1) is 5.41 Å². The van der Waals surface area contributed by atoms with Crippen LogP contribution < -0.4 is 9.80 Å². The predicted octanol–water partition coefficient (Wildman–Crippen LogP) is 10.4. The zero-order valence-corrected chi connectivity index (χ0v) is 23.6. The summed E-state index contributed by atoms with van der Waals surface area (Å²) in [5.74, 6) is 0. The van der Waals surface area contributed by atoms with Gasteiger partial charge in [-0.3, -0.25) is 0 Å². The molecule has 0 bridgehead atoms. The van der Waals surface area contributed by atoms with E-state index in [0.29, 0.717) is 0 Å². The molecule has 3 heteroatoms. The molecular formula is C38H32N2O. The molecule has 2 unspecified atom stereocenters. The van der Waals surface area contributed by atoms with Crippen LogP contribution in [0.1, 0.15) is 26.3 Å². The van der Waals surface area contributed by atoms with Crippen LogP contribution in [-0.4, -0.2) is 6.17 Å². The number of benzene rings is 5. The van der Waals surface area contributed by atoms with Crippen LogP contribution in [0.25, 0.3) is 33.1 Å². The lowest BCUT2D eigenvalue weighted by Crippen LogP contribution is -2.60. The van der Waals surface area contributed by atoms with Crippen LogP contribution in [-0.2, 0) is 5.41 Å². The lowest BCUT2D eigenvalue weighted by Gasteiger charge is -2.57. The molecule has 0 amide bonds. The van der Waals surface area contributed by atoms with Gasteiger partial charge in [-0.2, -0.15) is 0 Å². The lowest BCUT2D eigenvalue weighted by molar-refractivity contribution is 0.171. The largest absolute Gasteiger partial charge is 0.456 e. The van der Waals surface area contributed by atoms with Gasteiger partial charge in [0.2, 0.25) is 0 Å². The van der Waals surface area contributed by atoms with Gasteiger partial charge in [0, 0.05) is 32.9 Å². The van der Waals surface area contributed by atoms with E-state index in [4.69, 9.17) is 4.42 Å². The number of nitrogens with zero attached hydrogens (tertiary/aromatic N) is 2. The molecule has 2 atom stereocenters. The average molecular weight is 533 g/mol. The molecule has 0 saturated heterocycles. The molecule has 0 aliphatic carbocycles. The van der Waals surface area contributed by atoms with E-state index in [1.54, 1.807) is 0 Å². The molecule has 41 heavy (non-hydrogen) atoms. The molecule has 200 valence electrons. The summed E-state index contributed by atoms with van der Waals surface area (Å²) in [6.07, 6.45) is 2.17. The van der Waals surface area contributed by atoms with E-state index in [9.17, 15) is 0 Å². The summed E-state index contributed by atoms with van der Waals surface area (Å²) in [4.78, 5) is 5.14. The second-order valence-electron chi connectivity index (χ2n) is 12.0. The molecular weight excluding hydrogens is 500 g/mol. The quantitative estimate of drug-likeness (QED) is 0.211. The first-order valence-corrected chi connectivity index (χ1v) is 14.4. The number of hydrogen-bond donors (Lipinski definition) is 0. The van der Waals surface area contributed by atoms with E-state index in [1.807, 2.05) is 6.07 Å². The Kier molecular flexibility index (Phi) is 4.92. The summed E-state index contributed by atoms with van der Waals surface area (Å²) in [6.45, 7) is 11.5. The fourth-order valence-corrected chi connectivity index (χ4v) is 7.43. The minimum Gasteiger partial charge on any atom is -0.456 e. The summed E-state index contributed by atoms with van der Waals surface area (Å²) in [5, 5.41) is 2.29. The van der Waals surface area contributed by atoms with Gasteiger partial charge in [-0.15, -0.1) is 6.58 Å². The van der Waals surface area contributed by atoms with Crippen molar-refractivity contribution in [3.8, 4) is 11.1 Å². The molecule has 3 nitrogen and oxygen atoms in total. The molecule has 5 aromatic carbocycles. The minimum atomic E-state index is -0.260. The Morgan fingerprint density at radius 3 is 1.98 bits per heavy atom. The van der Waals surface area contributed by atoms with Gasteiger partial charge in [0.05, 0.1) is 17.1 Å². The number of para-hydroxylation sites is 4. The Morgan fingerprint density at radius 2 is 1.24 bits per heavy atom.